The van der Waals surface area contributed by atoms with Crippen LogP contribution in [-0.4, -0.2) is 18.9 Å². The molecule has 0 atom stereocenters. The van der Waals surface area contributed by atoms with E-state index in [1.807, 2.05) is 30.9 Å². The van der Waals surface area contributed by atoms with Gasteiger partial charge in [0.1, 0.15) is 5.82 Å². The molecule has 1 heterocycles. The number of anilines is 1. The van der Waals surface area contributed by atoms with E-state index in [0.29, 0.717) is 13.1 Å². The van der Waals surface area contributed by atoms with Gasteiger partial charge in [-0.05, 0) is 50.2 Å². The Kier molecular flexibility index (Phi) is 4.32. The molecule has 4 heteroatoms. The number of likely N-dealkylation sites (N-methyl/N-ethyl adjacent to an activating group) is 1. The molecule has 2 nitrogen and oxygen atoms in total. The van der Waals surface area contributed by atoms with E-state index >= 15 is 0 Å². The Morgan fingerprint density at radius 2 is 1.89 bits per heavy atom. The molecule has 0 aliphatic heterocycles. The number of rotatable bonds is 5. The Morgan fingerprint density at radius 3 is 2.42 bits per heavy atom. The number of carbonyl (C=O) groups is 1. The van der Waals surface area contributed by atoms with Crippen LogP contribution in [0.3, 0.4) is 0 Å². The molecule has 19 heavy (non-hydrogen) atoms. The number of halogens is 1. The van der Waals surface area contributed by atoms with E-state index in [1.165, 1.54) is 23.5 Å². The molecule has 2 aromatic rings. The Bertz CT molecular complexity index is 562. The van der Waals surface area contributed by atoms with E-state index in [-0.39, 0.29) is 11.6 Å². The Morgan fingerprint density at radius 1 is 1.21 bits per heavy atom. The molecule has 0 unspecified atom stereocenters. The van der Waals surface area contributed by atoms with Gasteiger partial charge in [0.05, 0.1) is 11.4 Å². The molecule has 0 N–H and O–H groups in total. The molecule has 0 aliphatic rings. The lowest BCUT2D eigenvalue weighted by Crippen LogP contribution is -2.29. The van der Waals surface area contributed by atoms with Crippen LogP contribution in [0.25, 0.3) is 0 Å². The second-order valence-corrected chi connectivity index (χ2v) is 5.61. The topological polar surface area (TPSA) is 20.3 Å². The number of Topliss-reactive ketones (excluding diaryl/α,β-unsaturated/α-hetero) is 1. The van der Waals surface area contributed by atoms with Gasteiger partial charge < -0.3 is 4.90 Å². The van der Waals surface area contributed by atoms with Crippen LogP contribution in [0, 0.1) is 12.7 Å². The highest BCUT2D eigenvalue weighted by atomic mass is 32.1. The number of ketones is 1. The van der Waals surface area contributed by atoms with Crippen LogP contribution in [0.1, 0.15) is 21.5 Å². The summed E-state index contributed by atoms with van der Waals surface area (Å²) in [7, 11) is 0. The molecular weight excluding hydrogens is 261 g/mol. The number of thiophene rings is 1. The summed E-state index contributed by atoms with van der Waals surface area (Å²) < 4.78 is 12.9. The smallest absolute Gasteiger partial charge is 0.191 e. The zero-order chi connectivity index (χ0) is 13.8. The van der Waals surface area contributed by atoms with Crippen molar-refractivity contribution in [3.05, 3.63) is 52.0 Å². The van der Waals surface area contributed by atoms with Crippen LogP contribution in [0.5, 0.6) is 0 Å². The number of aryl methyl sites for hydroxylation is 1. The average Bonchev–Trinajstić information content (AvgIpc) is 2.84. The largest absolute Gasteiger partial charge is 0.364 e. The van der Waals surface area contributed by atoms with Crippen molar-refractivity contribution in [3.8, 4) is 0 Å². The number of hydrogen-bond donors (Lipinski definition) is 0. The van der Waals surface area contributed by atoms with Gasteiger partial charge in [0, 0.05) is 17.1 Å². The standard InChI is InChI=1S/C15H16FNOS/c1-3-17(13-7-5-12(16)6-8-13)10-14(18)15-9-4-11(2)19-15/h4-9H,3,10H2,1-2H3. The predicted octanol–water partition coefficient (Wildman–Crippen LogP) is 3.90. The Labute approximate surface area is 116 Å². The molecule has 0 saturated carbocycles. The zero-order valence-electron chi connectivity index (χ0n) is 11.0. The Balaban J connectivity index is 2.11. The maximum absolute atomic E-state index is 12.9. The average molecular weight is 277 g/mol. The van der Waals surface area contributed by atoms with Crippen molar-refractivity contribution in [2.45, 2.75) is 13.8 Å². The SMILES string of the molecule is CCN(CC(=O)c1ccc(C)s1)c1ccc(F)cc1. The number of hydrogen-bond acceptors (Lipinski definition) is 3. The van der Waals surface area contributed by atoms with Crippen LogP contribution >= 0.6 is 11.3 Å². The molecule has 100 valence electrons. The van der Waals surface area contributed by atoms with Crippen molar-refractivity contribution in [1.29, 1.82) is 0 Å². The van der Waals surface area contributed by atoms with Gasteiger partial charge in [0.25, 0.3) is 0 Å². The summed E-state index contributed by atoms with van der Waals surface area (Å²) >= 11 is 1.51. The molecule has 2 rings (SSSR count). The van der Waals surface area contributed by atoms with Crippen molar-refractivity contribution >= 4 is 22.8 Å². The first-order valence-electron chi connectivity index (χ1n) is 6.20. The molecule has 1 aromatic carbocycles. The fraction of sp³-hybridized carbons (Fsp3) is 0.267. The summed E-state index contributed by atoms with van der Waals surface area (Å²) in [4.78, 5) is 16.0. The third-order valence-corrected chi connectivity index (χ3v) is 3.96. The lowest BCUT2D eigenvalue weighted by molar-refractivity contribution is 0.100. The second kappa shape index (κ2) is 5.97. The molecule has 0 aliphatic carbocycles. The van der Waals surface area contributed by atoms with Crippen molar-refractivity contribution in [2.75, 3.05) is 18.0 Å². The van der Waals surface area contributed by atoms with Gasteiger partial charge in [-0.15, -0.1) is 11.3 Å². The van der Waals surface area contributed by atoms with Gasteiger partial charge in [-0.25, -0.2) is 4.39 Å². The third kappa shape index (κ3) is 3.41. The molecule has 0 bridgehead atoms. The van der Waals surface area contributed by atoms with Gasteiger partial charge >= 0.3 is 0 Å². The first-order chi connectivity index (χ1) is 9.10. The lowest BCUT2D eigenvalue weighted by Gasteiger charge is -2.21. The third-order valence-electron chi connectivity index (χ3n) is 2.92. The highest BCUT2D eigenvalue weighted by Crippen LogP contribution is 2.19. The zero-order valence-corrected chi connectivity index (χ0v) is 11.8. The van der Waals surface area contributed by atoms with E-state index in [2.05, 4.69) is 0 Å². The highest BCUT2D eigenvalue weighted by molar-refractivity contribution is 7.14. The minimum Gasteiger partial charge on any atom is -0.364 e. The van der Waals surface area contributed by atoms with Crippen molar-refractivity contribution in [1.82, 2.24) is 0 Å². The molecule has 0 spiro atoms. The lowest BCUT2D eigenvalue weighted by atomic mass is 10.2. The molecule has 0 amide bonds. The van der Waals surface area contributed by atoms with Gasteiger partial charge in [-0.3, -0.25) is 4.79 Å². The van der Waals surface area contributed by atoms with Crippen LogP contribution in [0.4, 0.5) is 10.1 Å². The predicted molar refractivity (Wildman–Crippen MR) is 77.7 cm³/mol. The number of nitrogens with zero attached hydrogens (tertiary/aromatic N) is 1. The Hall–Kier alpha value is -1.68. The summed E-state index contributed by atoms with van der Waals surface area (Å²) in [5.74, 6) is -0.163. The summed E-state index contributed by atoms with van der Waals surface area (Å²) in [5.41, 5.74) is 0.866. The number of carbonyl (C=O) groups excluding carboxylic acids is 1. The van der Waals surface area contributed by atoms with Crippen LogP contribution < -0.4 is 4.90 Å². The summed E-state index contributed by atoms with van der Waals surface area (Å²) in [6, 6.07) is 10.0. The molecule has 0 saturated heterocycles. The van der Waals surface area contributed by atoms with Gasteiger partial charge in [0.2, 0.25) is 0 Å². The van der Waals surface area contributed by atoms with E-state index in [0.717, 1.165) is 15.4 Å². The van der Waals surface area contributed by atoms with Crippen LogP contribution in [0.2, 0.25) is 0 Å². The molecular formula is C15H16FNOS. The van der Waals surface area contributed by atoms with E-state index in [4.69, 9.17) is 0 Å². The molecule has 0 fully saturated rings. The molecule has 1 aromatic heterocycles. The number of benzene rings is 1. The summed E-state index contributed by atoms with van der Waals surface area (Å²) in [6.07, 6.45) is 0. The van der Waals surface area contributed by atoms with Crippen molar-refractivity contribution in [2.24, 2.45) is 0 Å². The van der Waals surface area contributed by atoms with E-state index in [1.54, 1.807) is 12.1 Å². The van der Waals surface area contributed by atoms with Gasteiger partial charge in [-0.2, -0.15) is 0 Å². The fourth-order valence-corrected chi connectivity index (χ4v) is 2.67. The van der Waals surface area contributed by atoms with E-state index < -0.39 is 0 Å². The fourth-order valence-electron chi connectivity index (χ4n) is 1.87. The van der Waals surface area contributed by atoms with Crippen LogP contribution in [-0.2, 0) is 0 Å². The molecule has 0 radical (unpaired) electrons. The van der Waals surface area contributed by atoms with Gasteiger partial charge in [0.15, 0.2) is 5.78 Å². The quantitative estimate of drug-likeness (QED) is 0.772. The highest BCUT2D eigenvalue weighted by Gasteiger charge is 2.13. The van der Waals surface area contributed by atoms with Crippen LogP contribution in [0.15, 0.2) is 36.4 Å². The maximum atomic E-state index is 12.9. The van der Waals surface area contributed by atoms with Crippen molar-refractivity contribution < 1.29 is 9.18 Å². The minimum absolute atomic E-state index is 0.101. The monoisotopic (exact) mass is 277 g/mol. The van der Waals surface area contributed by atoms with Gasteiger partial charge in [-0.1, -0.05) is 0 Å². The maximum Gasteiger partial charge on any atom is 0.191 e. The van der Waals surface area contributed by atoms with Crippen molar-refractivity contribution in [3.63, 3.8) is 0 Å². The first-order valence-corrected chi connectivity index (χ1v) is 7.02. The summed E-state index contributed by atoms with van der Waals surface area (Å²) in [5, 5.41) is 0. The second-order valence-electron chi connectivity index (χ2n) is 4.32. The summed E-state index contributed by atoms with van der Waals surface area (Å²) in [6.45, 7) is 5.00. The first kappa shape index (κ1) is 13.7. The van der Waals surface area contributed by atoms with E-state index in [9.17, 15) is 9.18 Å². The normalized spacial score (nSPS) is 10.5. The minimum atomic E-state index is -0.264.